The summed E-state index contributed by atoms with van der Waals surface area (Å²) in [4.78, 5) is -1.13. The van der Waals surface area contributed by atoms with E-state index in [4.69, 9.17) is 9.11 Å². The molecule has 0 spiro atoms. The maximum Gasteiger partial charge on any atom is 1.00 e. The Bertz CT molecular complexity index is 885. The fraction of sp³-hybridized carbons (Fsp3) is 0. The number of phenolic OH excluding ortho intramolecular Hbond substituents is 1. The molecule has 21 heavy (non-hydrogen) atoms. The van der Waals surface area contributed by atoms with Gasteiger partial charge in [-0.1, -0.05) is 12.1 Å². The summed E-state index contributed by atoms with van der Waals surface area (Å²) in [7, 11) is -9.11. The van der Waals surface area contributed by atoms with Crippen LogP contribution in [0, 0.1) is 0 Å². The van der Waals surface area contributed by atoms with Crippen molar-refractivity contribution < 1.29 is 137 Å². The molecule has 7 nitrogen and oxygen atoms in total. The molecule has 0 aromatic heterocycles. The van der Waals surface area contributed by atoms with Crippen LogP contribution < -0.4 is 103 Å². The Balaban J connectivity index is -0.000001000. The molecule has 0 fully saturated rings. The summed E-state index contributed by atoms with van der Waals surface area (Å²) in [6.07, 6.45) is 0. The van der Waals surface area contributed by atoms with Gasteiger partial charge in [0, 0.05) is 11.5 Å². The van der Waals surface area contributed by atoms with E-state index < -0.39 is 35.8 Å². The van der Waals surface area contributed by atoms with Crippen molar-refractivity contribution in [3.63, 3.8) is 0 Å². The van der Waals surface area contributed by atoms with Crippen LogP contribution in [-0.2, 0) is 20.2 Å². The zero-order valence-electron chi connectivity index (χ0n) is 13.2. The fourth-order valence-corrected chi connectivity index (χ4v) is 2.98. The number of fused-ring (bicyclic) bond motifs is 1. The first-order valence-corrected chi connectivity index (χ1v) is 7.69. The summed E-state index contributed by atoms with van der Waals surface area (Å²) >= 11 is 0. The molecule has 2 aromatic rings. The van der Waals surface area contributed by atoms with E-state index in [1.54, 1.807) is 0 Å². The molecule has 0 aliphatic heterocycles. The molecule has 0 saturated carbocycles. The second-order valence-corrected chi connectivity index (χ2v) is 6.56. The first-order valence-electron chi connectivity index (χ1n) is 4.81. The molecule has 0 aliphatic carbocycles. The van der Waals surface area contributed by atoms with Gasteiger partial charge in [0.1, 0.15) is 10.6 Å². The number of hydrogen-bond acceptors (Lipinski definition) is 5. The Morgan fingerprint density at radius 2 is 1.48 bits per heavy atom. The summed E-state index contributed by atoms with van der Waals surface area (Å²) in [5, 5.41) is 9.53. The zero-order valence-corrected chi connectivity index (χ0v) is 19.1. The number of phenols is 1. The van der Waals surface area contributed by atoms with Crippen molar-refractivity contribution in [3.8, 4) is 5.75 Å². The van der Waals surface area contributed by atoms with Gasteiger partial charge in [0.05, 0.1) is 4.90 Å². The smallest absolute Gasteiger partial charge is 1.00 e. The van der Waals surface area contributed by atoms with E-state index in [9.17, 15) is 21.9 Å². The second kappa shape index (κ2) is 8.11. The maximum absolute atomic E-state index is 11.2. The van der Waals surface area contributed by atoms with E-state index in [1.807, 2.05) is 0 Å². The van der Waals surface area contributed by atoms with Crippen molar-refractivity contribution in [2.75, 3.05) is 0 Å². The molecular weight excluding hydrogens is 374 g/mol. The zero-order chi connectivity index (χ0) is 14.4. The monoisotopic (exact) mass is 384 g/mol. The average molecular weight is 385 g/mol. The second-order valence-electron chi connectivity index (χ2n) is 3.75. The molecule has 0 radical (unpaired) electrons. The Morgan fingerprint density at radius 3 is 1.95 bits per heavy atom. The molecule has 0 saturated heterocycles. The molecule has 0 unspecified atom stereocenters. The first kappa shape index (κ1) is 22.6. The van der Waals surface area contributed by atoms with Gasteiger partial charge in [0.25, 0.3) is 20.2 Å². The van der Waals surface area contributed by atoms with E-state index in [0.29, 0.717) is 6.07 Å². The summed E-state index contributed by atoms with van der Waals surface area (Å²) in [5.74, 6) is -0.682. The van der Waals surface area contributed by atoms with E-state index in [0.717, 1.165) is 12.1 Å². The van der Waals surface area contributed by atoms with Crippen molar-refractivity contribution in [2.24, 2.45) is 0 Å². The molecular formula is C10H10K2O7S2. The Hall–Kier alpha value is 1.59. The fourth-order valence-electron chi connectivity index (χ4n) is 1.71. The number of benzene rings is 2. The molecule has 2 aromatic carbocycles. The van der Waals surface area contributed by atoms with Gasteiger partial charge in [-0.25, -0.2) is 0 Å². The van der Waals surface area contributed by atoms with Crippen LogP contribution in [0.3, 0.4) is 0 Å². The van der Waals surface area contributed by atoms with Gasteiger partial charge in [-0.15, -0.1) is 0 Å². The van der Waals surface area contributed by atoms with Crippen molar-refractivity contribution in [3.05, 3.63) is 30.3 Å². The summed E-state index contributed by atoms with van der Waals surface area (Å²) in [6, 6.07) is 5.34. The number of aromatic hydroxyl groups is 1. The third-order valence-electron chi connectivity index (χ3n) is 2.47. The average Bonchev–Trinajstić information content (AvgIpc) is 2.25. The predicted molar refractivity (Wildman–Crippen MR) is 67.5 cm³/mol. The van der Waals surface area contributed by atoms with Crippen molar-refractivity contribution in [2.45, 2.75) is 9.79 Å². The minimum atomic E-state index is -4.57. The van der Waals surface area contributed by atoms with Gasteiger partial charge in [0.2, 0.25) is 0 Å². The third kappa shape index (κ3) is 5.29. The van der Waals surface area contributed by atoms with Crippen LogP contribution in [0.4, 0.5) is 0 Å². The normalized spacial score (nSPS) is 11.5. The Labute approximate surface area is 209 Å². The van der Waals surface area contributed by atoms with Crippen LogP contribution in [0.2, 0.25) is 0 Å². The SMILES string of the molecule is O=S(=O)(O)c1cc(O)c2c(S(=O)(=O)O)cccc2c1.[H-].[H-].[K+].[K+]. The first-order chi connectivity index (χ1) is 8.60. The molecule has 3 N–H and O–H groups in total. The molecule has 106 valence electrons. The molecule has 0 amide bonds. The molecule has 11 heteroatoms. The topological polar surface area (TPSA) is 129 Å². The van der Waals surface area contributed by atoms with E-state index in [-0.39, 0.29) is 116 Å². The summed E-state index contributed by atoms with van der Waals surface area (Å²) in [6.45, 7) is 0. The van der Waals surface area contributed by atoms with Crippen LogP contribution in [0.25, 0.3) is 10.8 Å². The van der Waals surface area contributed by atoms with Gasteiger partial charge in [-0.2, -0.15) is 16.8 Å². The third-order valence-corrected chi connectivity index (χ3v) is 4.19. The summed E-state index contributed by atoms with van der Waals surface area (Å²) < 4.78 is 62.2. The Kier molecular flexibility index (Phi) is 8.73. The quantitative estimate of drug-likeness (QED) is 0.350. The standard InChI is InChI=1S/C10H8O7S2.2K.2H/c11-8-5-7(18(12,13)14)4-6-2-1-3-9(10(6)8)19(15,16)17;;;;/h1-5,11H,(H,12,13,14)(H,15,16,17);;;;/q;2*+1;2*-1. The molecule has 0 aliphatic rings. The van der Waals surface area contributed by atoms with Crippen LogP contribution >= 0.6 is 0 Å². The maximum atomic E-state index is 11.2. The van der Waals surface area contributed by atoms with E-state index in [1.165, 1.54) is 12.1 Å². The van der Waals surface area contributed by atoms with Gasteiger partial charge in [-0.3, -0.25) is 9.11 Å². The van der Waals surface area contributed by atoms with Crippen molar-refractivity contribution >= 4 is 31.0 Å². The van der Waals surface area contributed by atoms with E-state index >= 15 is 0 Å². The molecule has 0 atom stereocenters. The van der Waals surface area contributed by atoms with Gasteiger partial charge >= 0.3 is 103 Å². The van der Waals surface area contributed by atoms with Crippen LogP contribution in [0.15, 0.2) is 40.1 Å². The van der Waals surface area contributed by atoms with Crippen molar-refractivity contribution in [1.29, 1.82) is 0 Å². The predicted octanol–water partition coefficient (Wildman–Crippen LogP) is -4.73. The van der Waals surface area contributed by atoms with Crippen LogP contribution in [0.5, 0.6) is 5.75 Å². The van der Waals surface area contributed by atoms with Gasteiger partial charge < -0.3 is 7.96 Å². The molecule has 2 rings (SSSR count). The number of hydrogen-bond donors (Lipinski definition) is 3. The number of rotatable bonds is 2. The van der Waals surface area contributed by atoms with Crippen molar-refractivity contribution in [1.82, 2.24) is 0 Å². The van der Waals surface area contributed by atoms with E-state index in [2.05, 4.69) is 0 Å². The minimum Gasteiger partial charge on any atom is -1.00 e. The molecule has 0 bridgehead atoms. The van der Waals surface area contributed by atoms with Crippen LogP contribution in [0.1, 0.15) is 2.85 Å². The minimum absolute atomic E-state index is 0. The Morgan fingerprint density at radius 1 is 0.905 bits per heavy atom. The molecule has 0 heterocycles. The summed E-state index contributed by atoms with van der Waals surface area (Å²) in [5.41, 5.74) is 0. The van der Waals surface area contributed by atoms with Crippen LogP contribution in [-0.4, -0.2) is 31.0 Å². The van der Waals surface area contributed by atoms with Gasteiger partial charge in [0.15, 0.2) is 0 Å². The van der Waals surface area contributed by atoms with Gasteiger partial charge in [-0.05, 0) is 17.5 Å². The largest absolute Gasteiger partial charge is 1.00 e.